The van der Waals surface area contributed by atoms with Crippen LogP contribution in [0.1, 0.15) is 4.88 Å². The average molecular weight is 253 g/mol. The quantitative estimate of drug-likeness (QED) is 0.727. The number of hydrogen-bond donors (Lipinski definition) is 0. The van der Waals surface area contributed by atoms with E-state index in [1.165, 1.54) is 12.3 Å². The molecule has 0 N–H and O–H groups in total. The Balaban J connectivity index is 2.39. The molecule has 15 heavy (non-hydrogen) atoms. The molecular weight excluding hydrogens is 249 g/mol. The van der Waals surface area contributed by atoms with Crippen molar-refractivity contribution in [1.29, 1.82) is 0 Å². The van der Waals surface area contributed by atoms with Crippen molar-refractivity contribution in [2.75, 3.05) is 0 Å². The van der Waals surface area contributed by atoms with Crippen molar-refractivity contribution in [1.82, 2.24) is 9.97 Å². The summed E-state index contributed by atoms with van der Waals surface area (Å²) in [5, 5.41) is 0.631. The number of aromatic nitrogens is 2. The Morgan fingerprint density at radius 1 is 1.40 bits per heavy atom. The molecule has 0 aliphatic rings. The van der Waals surface area contributed by atoms with E-state index in [0.717, 1.165) is 11.3 Å². The van der Waals surface area contributed by atoms with Crippen molar-refractivity contribution in [2.24, 2.45) is 0 Å². The van der Waals surface area contributed by atoms with Crippen molar-refractivity contribution in [3.05, 3.63) is 22.4 Å². The lowest BCUT2D eigenvalue weighted by Crippen LogP contribution is -2.09. The van der Waals surface area contributed by atoms with Gasteiger partial charge in [0.05, 0.1) is 6.42 Å². The molecule has 0 saturated heterocycles. The molecule has 0 bridgehead atoms. The highest BCUT2D eigenvalue weighted by Gasteiger charge is 2.28. The highest BCUT2D eigenvalue weighted by molar-refractivity contribution is 7.18. The molecule has 2 heterocycles. The number of thiophene rings is 1. The first-order valence-electron chi connectivity index (χ1n) is 3.92. The summed E-state index contributed by atoms with van der Waals surface area (Å²) in [6.07, 6.45) is -3.72. The van der Waals surface area contributed by atoms with E-state index in [4.69, 9.17) is 11.6 Å². The van der Waals surface area contributed by atoms with E-state index in [9.17, 15) is 13.2 Å². The summed E-state index contributed by atoms with van der Waals surface area (Å²) in [4.78, 5) is 8.23. The maximum atomic E-state index is 12.1. The van der Waals surface area contributed by atoms with Crippen molar-refractivity contribution in [2.45, 2.75) is 12.6 Å². The predicted molar refractivity (Wildman–Crippen MR) is 52.2 cm³/mol. The molecule has 2 aromatic heterocycles. The fourth-order valence-electron chi connectivity index (χ4n) is 1.15. The second-order valence-electron chi connectivity index (χ2n) is 2.90. The van der Waals surface area contributed by atoms with Gasteiger partial charge in [-0.15, -0.1) is 11.3 Å². The molecule has 7 heteroatoms. The van der Waals surface area contributed by atoms with Crippen LogP contribution in [0.25, 0.3) is 10.2 Å². The molecule has 0 radical (unpaired) electrons. The molecule has 0 aliphatic carbocycles. The van der Waals surface area contributed by atoms with Crippen LogP contribution in [-0.4, -0.2) is 16.1 Å². The maximum absolute atomic E-state index is 12.1. The molecule has 2 aromatic rings. The minimum atomic E-state index is -4.20. The van der Waals surface area contributed by atoms with E-state index in [-0.39, 0.29) is 10.2 Å². The van der Waals surface area contributed by atoms with E-state index in [1.54, 1.807) is 0 Å². The molecule has 0 aliphatic heterocycles. The Morgan fingerprint density at radius 3 is 2.80 bits per heavy atom. The van der Waals surface area contributed by atoms with Crippen LogP contribution in [0.5, 0.6) is 0 Å². The summed E-state index contributed by atoms with van der Waals surface area (Å²) in [5.74, 6) is 0. The Hall–Kier alpha value is -0.880. The van der Waals surface area contributed by atoms with Crippen LogP contribution in [0.3, 0.4) is 0 Å². The SMILES string of the molecule is FC(F)(F)Cc1cc2cnc(Cl)nc2s1. The summed E-state index contributed by atoms with van der Waals surface area (Å²) >= 11 is 6.51. The first-order valence-corrected chi connectivity index (χ1v) is 5.11. The van der Waals surface area contributed by atoms with Crippen molar-refractivity contribution in [3.63, 3.8) is 0 Å². The summed E-state index contributed by atoms with van der Waals surface area (Å²) in [6.45, 7) is 0. The van der Waals surface area contributed by atoms with E-state index in [2.05, 4.69) is 9.97 Å². The zero-order chi connectivity index (χ0) is 11.1. The smallest absolute Gasteiger partial charge is 0.226 e. The third-order valence-corrected chi connectivity index (χ3v) is 2.90. The standard InChI is InChI=1S/C8H4ClF3N2S/c9-7-13-3-4-1-5(2-8(10,11)12)15-6(4)14-7/h1,3H,2H2. The Kier molecular flexibility index (Phi) is 2.56. The minimum Gasteiger partial charge on any atom is -0.226 e. The molecule has 0 spiro atoms. The Labute approximate surface area is 91.7 Å². The second-order valence-corrected chi connectivity index (χ2v) is 4.36. The topological polar surface area (TPSA) is 25.8 Å². The Morgan fingerprint density at radius 2 is 2.13 bits per heavy atom. The summed E-state index contributed by atoms with van der Waals surface area (Å²) in [5.41, 5.74) is 0. The maximum Gasteiger partial charge on any atom is 0.393 e. The van der Waals surface area contributed by atoms with Crippen molar-refractivity contribution in [3.8, 4) is 0 Å². The lowest BCUT2D eigenvalue weighted by atomic mass is 10.3. The fraction of sp³-hybridized carbons (Fsp3) is 0.250. The number of halogens is 4. The van der Waals surface area contributed by atoms with E-state index in [0.29, 0.717) is 10.2 Å². The monoisotopic (exact) mass is 252 g/mol. The molecule has 2 nitrogen and oxygen atoms in total. The Bertz CT molecular complexity index is 494. The van der Waals surface area contributed by atoms with Gasteiger partial charge in [0.25, 0.3) is 0 Å². The molecule has 2 rings (SSSR count). The number of fused-ring (bicyclic) bond motifs is 1. The molecule has 0 unspecified atom stereocenters. The highest BCUT2D eigenvalue weighted by atomic mass is 35.5. The van der Waals surface area contributed by atoms with Gasteiger partial charge >= 0.3 is 6.18 Å². The molecule has 80 valence electrons. The average Bonchev–Trinajstić information content (AvgIpc) is 2.42. The predicted octanol–water partition coefficient (Wildman–Crippen LogP) is 3.45. The lowest BCUT2D eigenvalue weighted by molar-refractivity contribution is -0.126. The van der Waals surface area contributed by atoms with Crippen LogP contribution in [0.2, 0.25) is 5.28 Å². The van der Waals surface area contributed by atoms with Gasteiger partial charge in [-0.3, -0.25) is 0 Å². The van der Waals surface area contributed by atoms with Crippen LogP contribution in [0, 0.1) is 0 Å². The van der Waals surface area contributed by atoms with E-state index < -0.39 is 12.6 Å². The van der Waals surface area contributed by atoms with Gasteiger partial charge in [-0.25, -0.2) is 9.97 Å². The number of hydrogen-bond acceptors (Lipinski definition) is 3. The lowest BCUT2D eigenvalue weighted by Gasteiger charge is -2.01. The summed E-state index contributed by atoms with van der Waals surface area (Å²) in [6, 6.07) is 1.43. The first kappa shape index (κ1) is 10.6. The van der Waals surface area contributed by atoms with Crippen LogP contribution < -0.4 is 0 Å². The molecule has 0 saturated carbocycles. The summed E-state index contributed by atoms with van der Waals surface area (Å²) in [7, 11) is 0. The van der Waals surface area contributed by atoms with Gasteiger partial charge < -0.3 is 0 Å². The van der Waals surface area contributed by atoms with Crippen LogP contribution in [0.15, 0.2) is 12.3 Å². The molecule has 0 atom stereocenters. The van der Waals surface area contributed by atoms with Crippen molar-refractivity contribution < 1.29 is 13.2 Å². The van der Waals surface area contributed by atoms with Gasteiger partial charge in [-0.2, -0.15) is 13.2 Å². The van der Waals surface area contributed by atoms with Crippen LogP contribution >= 0.6 is 22.9 Å². The fourth-order valence-corrected chi connectivity index (χ4v) is 2.36. The van der Waals surface area contributed by atoms with Gasteiger partial charge in [0, 0.05) is 16.5 Å². The van der Waals surface area contributed by atoms with E-state index >= 15 is 0 Å². The van der Waals surface area contributed by atoms with Crippen LogP contribution in [-0.2, 0) is 6.42 Å². The zero-order valence-corrected chi connectivity index (χ0v) is 8.75. The van der Waals surface area contributed by atoms with Gasteiger partial charge in [0.15, 0.2) is 0 Å². The minimum absolute atomic E-state index is 0.0444. The number of alkyl halides is 3. The van der Waals surface area contributed by atoms with Gasteiger partial charge in [-0.05, 0) is 17.7 Å². The molecule has 0 fully saturated rings. The van der Waals surface area contributed by atoms with E-state index in [1.807, 2.05) is 0 Å². The molecule has 0 aromatic carbocycles. The molecular formula is C8H4ClF3N2S. The second kappa shape index (κ2) is 3.61. The molecule has 0 amide bonds. The normalized spacial score (nSPS) is 12.3. The first-order chi connectivity index (χ1) is 6.94. The zero-order valence-electron chi connectivity index (χ0n) is 7.18. The third-order valence-electron chi connectivity index (χ3n) is 1.67. The van der Waals surface area contributed by atoms with Crippen LogP contribution in [0.4, 0.5) is 13.2 Å². The summed E-state index contributed by atoms with van der Waals surface area (Å²) < 4.78 is 36.3. The van der Waals surface area contributed by atoms with Gasteiger partial charge in [-0.1, -0.05) is 0 Å². The van der Waals surface area contributed by atoms with Gasteiger partial charge in [0.2, 0.25) is 5.28 Å². The largest absolute Gasteiger partial charge is 0.393 e. The third kappa shape index (κ3) is 2.57. The van der Waals surface area contributed by atoms with Crippen molar-refractivity contribution >= 4 is 33.2 Å². The van der Waals surface area contributed by atoms with Gasteiger partial charge in [0.1, 0.15) is 4.83 Å². The number of rotatable bonds is 1. The highest BCUT2D eigenvalue weighted by Crippen LogP contribution is 2.29. The number of nitrogens with zero attached hydrogens (tertiary/aromatic N) is 2.